The molecule has 0 radical (unpaired) electrons. The van der Waals surface area contributed by atoms with Crippen molar-refractivity contribution in [2.24, 2.45) is 0 Å². The average Bonchev–Trinajstić information content (AvgIpc) is 2.98. The largest absolute Gasteiger partial charge is 0.482 e. The number of aliphatic carboxylic acids is 1. The van der Waals surface area contributed by atoms with E-state index < -0.39 is 60.0 Å². The number of benzene rings is 2. The maximum Gasteiger partial charge on any atom is 0.416 e. The normalized spacial score (nSPS) is 17.0. The minimum Gasteiger partial charge on any atom is -0.482 e. The molecule has 0 aromatic heterocycles. The van der Waals surface area contributed by atoms with Crippen molar-refractivity contribution in [2.45, 2.75) is 47.7 Å². The third-order valence-corrected chi connectivity index (χ3v) is 8.72. The quantitative estimate of drug-likeness (QED) is 0.538. The molecule has 1 atom stereocenters. The zero-order chi connectivity index (χ0) is 26.2. The molecule has 1 unspecified atom stereocenters. The first kappa shape index (κ1) is 27.0. The summed E-state index contributed by atoms with van der Waals surface area (Å²) >= 11 is 0. The van der Waals surface area contributed by atoms with Crippen molar-refractivity contribution in [1.82, 2.24) is 4.31 Å². The number of carbonyl (C=O) groups is 1. The Hall–Kier alpha value is -2.64. The summed E-state index contributed by atoms with van der Waals surface area (Å²) in [7, 11) is -7.49. The van der Waals surface area contributed by atoms with E-state index in [2.05, 4.69) is 0 Å². The number of halogens is 3. The van der Waals surface area contributed by atoms with Gasteiger partial charge >= 0.3 is 12.1 Å². The SMILES string of the molecule is CN(C1CCCCc2c(OCC(=O)O)cccc21)S(=O)(=O)c1cc(C(F)(F)F)cc(S(C)(=O)=O)c1. The van der Waals surface area contributed by atoms with Crippen molar-refractivity contribution in [3.63, 3.8) is 0 Å². The molecular formula is C22H24F3NO7S2. The second-order valence-corrected chi connectivity index (χ2v) is 12.3. The molecule has 0 amide bonds. The molecule has 1 aliphatic rings. The Morgan fingerprint density at radius 2 is 1.77 bits per heavy atom. The van der Waals surface area contributed by atoms with Gasteiger partial charge in [-0.3, -0.25) is 0 Å². The summed E-state index contributed by atoms with van der Waals surface area (Å²) in [6.07, 6.45) is -2.17. The van der Waals surface area contributed by atoms with E-state index in [1.807, 2.05) is 0 Å². The van der Waals surface area contributed by atoms with Crippen LogP contribution in [-0.2, 0) is 37.3 Å². The Labute approximate surface area is 201 Å². The maximum atomic E-state index is 13.5. The van der Waals surface area contributed by atoms with Gasteiger partial charge in [0.25, 0.3) is 0 Å². The van der Waals surface area contributed by atoms with Crippen LogP contribution in [0.5, 0.6) is 5.75 Å². The molecule has 0 aliphatic heterocycles. The van der Waals surface area contributed by atoms with Gasteiger partial charge in [0, 0.05) is 13.3 Å². The highest BCUT2D eigenvalue weighted by Gasteiger charge is 2.37. The smallest absolute Gasteiger partial charge is 0.416 e. The number of hydrogen-bond acceptors (Lipinski definition) is 6. The molecule has 192 valence electrons. The van der Waals surface area contributed by atoms with E-state index in [9.17, 15) is 34.8 Å². The van der Waals surface area contributed by atoms with E-state index in [0.717, 1.165) is 10.4 Å². The minimum atomic E-state index is -4.96. The van der Waals surface area contributed by atoms with Gasteiger partial charge in [0.2, 0.25) is 10.0 Å². The summed E-state index contributed by atoms with van der Waals surface area (Å²) in [5.74, 6) is -0.889. The molecule has 1 N–H and O–H groups in total. The van der Waals surface area contributed by atoms with E-state index >= 15 is 0 Å². The molecule has 0 fully saturated rings. The molecule has 0 bridgehead atoms. The highest BCUT2D eigenvalue weighted by atomic mass is 32.2. The lowest BCUT2D eigenvalue weighted by atomic mass is 9.98. The zero-order valence-corrected chi connectivity index (χ0v) is 20.5. The van der Waals surface area contributed by atoms with Crippen molar-refractivity contribution in [3.05, 3.63) is 53.1 Å². The summed E-state index contributed by atoms with van der Waals surface area (Å²) in [4.78, 5) is 9.38. The number of carboxylic acids is 1. The molecule has 0 heterocycles. The third-order valence-electron chi connectivity index (χ3n) is 5.79. The van der Waals surface area contributed by atoms with Gasteiger partial charge in [-0.05, 0) is 54.7 Å². The van der Waals surface area contributed by atoms with E-state index in [-0.39, 0.29) is 0 Å². The van der Waals surface area contributed by atoms with Gasteiger partial charge in [-0.15, -0.1) is 0 Å². The monoisotopic (exact) mass is 535 g/mol. The topological polar surface area (TPSA) is 118 Å². The summed E-state index contributed by atoms with van der Waals surface area (Å²) in [5.41, 5.74) is -0.219. The van der Waals surface area contributed by atoms with E-state index in [4.69, 9.17) is 9.84 Å². The van der Waals surface area contributed by atoms with Crippen LogP contribution >= 0.6 is 0 Å². The number of ether oxygens (including phenoxy) is 1. The van der Waals surface area contributed by atoms with Gasteiger partial charge in [-0.25, -0.2) is 21.6 Å². The molecule has 2 aromatic rings. The lowest BCUT2D eigenvalue weighted by Gasteiger charge is -2.29. The van der Waals surface area contributed by atoms with Crippen LogP contribution < -0.4 is 4.74 Å². The molecule has 2 aromatic carbocycles. The van der Waals surface area contributed by atoms with Crippen molar-refractivity contribution in [1.29, 1.82) is 0 Å². The fourth-order valence-corrected chi connectivity index (χ4v) is 6.24. The first-order chi connectivity index (χ1) is 16.1. The zero-order valence-electron chi connectivity index (χ0n) is 18.9. The average molecular weight is 536 g/mol. The van der Waals surface area contributed by atoms with Crippen LogP contribution in [0.3, 0.4) is 0 Å². The van der Waals surface area contributed by atoms with Crippen LogP contribution in [0.1, 0.15) is 42.0 Å². The minimum absolute atomic E-state index is 0.293. The highest BCUT2D eigenvalue weighted by Crippen LogP contribution is 2.40. The van der Waals surface area contributed by atoms with E-state index in [1.165, 1.54) is 7.05 Å². The van der Waals surface area contributed by atoms with Gasteiger partial charge in [-0.1, -0.05) is 18.6 Å². The predicted molar refractivity (Wildman–Crippen MR) is 119 cm³/mol. The van der Waals surface area contributed by atoms with Crippen molar-refractivity contribution < 1.29 is 44.6 Å². The maximum absolute atomic E-state index is 13.5. The number of rotatable bonds is 7. The van der Waals surface area contributed by atoms with E-state index in [1.54, 1.807) is 18.2 Å². The van der Waals surface area contributed by atoms with Crippen molar-refractivity contribution >= 4 is 25.8 Å². The fourth-order valence-electron chi connectivity index (χ4n) is 4.04. The van der Waals surface area contributed by atoms with Crippen LogP contribution in [-0.4, -0.2) is 52.1 Å². The molecule has 8 nitrogen and oxygen atoms in total. The predicted octanol–water partition coefficient (Wildman–Crippen LogP) is 3.66. The Morgan fingerprint density at radius 3 is 2.37 bits per heavy atom. The Morgan fingerprint density at radius 1 is 1.11 bits per heavy atom. The molecule has 0 saturated heterocycles. The van der Waals surface area contributed by atoms with Gasteiger partial charge in [0.15, 0.2) is 16.4 Å². The standard InChI is InChI=1S/C22H24F3NO7S2/c1-26(19-8-4-3-6-18-17(19)7-5-9-20(18)33-13-21(27)28)35(31,32)16-11-14(22(23,24)25)10-15(12-16)34(2,29)30/h5,7,9-12,19H,3-4,6,8,13H2,1-2H3,(H,27,28). The summed E-state index contributed by atoms with van der Waals surface area (Å²) in [6, 6.07) is 5.58. The van der Waals surface area contributed by atoms with Gasteiger partial charge in [0.1, 0.15) is 5.75 Å². The van der Waals surface area contributed by atoms with Crippen LogP contribution in [0.25, 0.3) is 0 Å². The van der Waals surface area contributed by atoms with Crippen LogP contribution in [0.2, 0.25) is 0 Å². The number of nitrogens with zero attached hydrogens (tertiary/aromatic N) is 1. The summed E-state index contributed by atoms with van der Waals surface area (Å²) in [5, 5.41) is 8.93. The number of sulfone groups is 1. The lowest BCUT2D eigenvalue weighted by molar-refractivity contribution is -0.139. The molecule has 0 spiro atoms. The Kier molecular flexibility index (Phi) is 7.53. The number of alkyl halides is 3. The first-order valence-corrected chi connectivity index (χ1v) is 13.8. The fraction of sp³-hybridized carbons (Fsp3) is 0.409. The molecule has 13 heteroatoms. The number of sulfonamides is 1. The number of carboxylic acid groups (broad SMARTS) is 1. The first-order valence-electron chi connectivity index (χ1n) is 10.5. The number of hydrogen-bond donors (Lipinski definition) is 1. The van der Waals surface area contributed by atoms with Crippen LogP contribution in [0.15, 0.2) is 46.2 Å². The molecular weight excluding hydrogens is 511 g/mol. The molecule has 1 aliphatic carbocycles. The summed E-state index contributed by atoms with van der Waals surface area (Å²) < 4.78 is 97.5. The van der Waals surface area contributed by atoms with Crippen molar-refractivity contribution in [3.8, 4) is 5.75 Å². The number of fused-ring (bicyclic) bond motifs is 1. The molecule has 3 rings (SSSR count). The second-order valence-electron chi connectivity index (χ2n) is 8.25. The van der Waals surface area contributed by atoms with Gasteiger partial charge < -0.3 is 9.84 Å². The van der Waals surface area contributed by atoms with Gasteiger partial charge in [0.05, 0.1) is 21.4 Å². The highest BCUT2D eigenvalue weighted by molar-refractivity contribution is 7.91. The van der Waals surface area contributed by atoms with Crippen LogP contribution in [0.4, 0.5) is 13.2 Å². The van der Waals surface area contributed by atoms with Crippen molar-refractivity contribution in [2.75, 3.05) is 19.9 Å². The van der Waals surface area contributed by atoms with E-state index in [0.29, 0.717) is 60.9 Å². The lowest BCUT2D eigenvalue weighted by Crippen LogP contribution is -2.32. The Balaban J connectivity index is 2.11. The molecule has 0 saturated carbocycles. The Bertz CT molecular complexity index is 1340. The third kappa shape index (κ3) is 5.96. The molecule has 35 heavy (non-hydrogen) atoms. The van der Waals surface area contributed by atoms with Crippen LogP contribution in [0, 0.1) is 0 Å². The summed E-state index contributed by atoms with van der Waals surface area (Å²) in [6.45, 7) is -0.590. The second kappa shape index (κ2) is 9.78. The van der Waals surface area contributed by atoms with Gasteiger partial charge in [-0.2, -0.15) is 17.5 Å².